The molecule has 182 valence electrons. The van der Waals surface area contributed by atoms with E-state index in [2.05, 4.69) is 15.2 Å². The number of rotatable bonds is 3. The number of halogens is 5. The van der Waals surface area contributed by atoms with Crippen LogP contribution in [0.2, 0.25) is 5.02 Å². The van der Waals surface area contributed by atoms with Crippen LogP contribution in [0.25, 0.3) is 22.6 Å². The normalized spacial score (nSPS) is 15.7. The van der Waals surface area contributed by atoms with Gasteiger partial charge in [0.15, 0.2) is 5.76 Å². The molecule has 35 heavy (non-hydrogen) atoms. The summed E-state index contributed by atoms with van der Waals surface area (Å²) in [7, 11) is 0. The number of amides is 1. The Morgan fingerprint density at radius 3 is 2.60 bits per heavy atom. The van der Waals surface area contributed by atoms with Gasteiger partial charge in [0.05, 0.1) is 34.6 Å². The van der Waals surface area contributed by atoms with Crippen molar-refractivity contribution in [3.05, 3.63) is 71.0 Å². The van der Waals surface area contributed by atoms with Crippen molar-refractivity contribution in [3.63, 3.8) is 0 Å². The van der Waals surface area contributed by atoms with E-state index in [0.717, 1.165) is 18.3 Å². The summed E-state index contributed by atoms with van der Waals surface area (Å²) in [5, 5.41) is 7.71. The zero-order valence-electron chi connectivity index (χ0n) is 17.8. The Balaban J connectivity index is 0.00000289. The average Bonchev–Trinajstić information content (AvgIpc) is 3.43. The van der Waals surface area contributed by atoms with Crippen molar-refractivity contribution in [2.24, 2.45) is 0 Å². The quantitative estimate of drug-likeness (QED) is 0.319. The molecule has 7 nitrogen and oxygen atoms in total. The van der Waals surface area contributed by atoms with Crippen molar-refractivity contribution in [2.75, 3.05) is 11.4 Å². The van der Waals surface area contributed by atoms with Gasteiger partial charge in [0.1, 0.15) is 17.2 Å². The summed E-state index contributed by atoms with van der Waals surface area (Å²) >= 11 is 5.87. The van der Waals surface area contributed by atoms with Crippen LogP contribution in [0.1, 0.15) is 29.0 Å². The molecule has 0 bridgehead atoms. The molecule has 1 atom stereocenters. The summed E-state index contributed by atoms with van der Waals surface area (Å²) < 4.78 is 59.7. The van der Waals surface area contributed by atoms with Crippen LogP contribution in [0, 0.1) is 5.82 Å². The third kappa shape index (κ3) is 4.39. The molecule has 0 unspecified atom stereocenters. The maximum absolute atomic E-state index is 13.5. The molecule has 4 heterocycles. The number of carbonyl (C=O) groups is 1. The highest BCUT2D eigenvalue weighted by molar-refractivity contribution is 7.59. The monoisotopic (exact) mass is 525 g/mol. The third-order valence-corrected chi connectivity index (χ3v) is 5.77. The lowest BCUT2D eigenvalue weighted by atomic mass is 10.1. The predicted molar refractivity (Wildman–Crippen MR) is 124 cm³/mol. The fraction of sp³-hybridized carbons (Fsp3) is 0.182. The van der Waals surface area contributed by atoms with Crippen molar-refractivity contribution in [2.45, 2.75) is 19.1 Å². The Hall–Kier alpha value is -3.38. The first-order valence-electron chi connectivity index (χ1n) is 9.97. The number of alkyl halides is 3. The molecule has 0 fully saturated rings. The lowest BCUT2D eigenvalue weighted by Gasteiger charge is -2.32. The topological polar surface area (TPSA) is 77.1 Å². The molecule has 1 amide bonds. The summed E-state index contributed by atoms with van der Waals surface area (Å²) in [4.78, 5) is 18.5. The minimum Gasteiger partial charge on any atom is -0.356 e. The van der Waals surface area contributed by atoms with E-state index in [4.69, 9.17) is 16.1 Å². The van der Waals surface area contributed by atoms with Gasteiger partial charge in [0, 0.05) is 30.1 Å². The second kappa shape index (κ2) is 9.00. The molecule has 0 saturated carbocycles. The van der Waals surface area contributed by atoms with Gasteiger partial charge in [-0.2, -0.15) is 31.8 Å². The number of hydrogen-bond donors (Lipinski definition) is 0. The number of aromatic nitrogens is 4. The average molecular weight is 526 g/mol. The largest absolute Gasteiger partial charge is 0.417 e. The van der Waals surface area contributed by atoms with Gasteiger partial charge in [-0.05, 0) is 31.2 Å². The van der Waals surface area contributed by atoms with Crippen molar-refractivity contribution >= 4 is 36.7 Å². The predicted octanol–water partition coefficient (Wildman–Crippen LogP) is 5.75. The number of anilines is 1. The van der Waals surface area contributed by atoms with Gasteiger partial charge in [0.2, 0.25) is 0 Å². The van der Waals surface area contributed by atoms with Crippen molar-refractivity contribution in [1.29, 1.82) is 0 Å². The molecule has 13 heteroatoms. The molecule has 4 aromatic rings. The summed E-state index contributed by atoms with van der Waals surface area (Å²) in [5.41, 5.74) is 0.443. The molecule has 0 saturated heterocycles. The zero-order valence-corrected chi connectivity index (χ0v) is 19.6. The smallest absolute Gasteiger partial charge is 0.356 e. The molecule has 0 N–H and O–H groups in total. The molecule has 3 aromatic heterocycles. The number of benzene rings is 1. The third-order valence-electron chi connectivity index (χ3n) is 5.45. The molecular weight excluding hydrogens is 510 g/mol. The van der Waals surface area contributed by atoms with Gasteiger partial charge < -0.3 is 9.42 Å². The van der Waals surface area contributed by atoms with E-state index < -0.39 is 28.5 Å². The number of pyridine rings is 1. The lowest BCUT2D eigenvalue weighted by molar-refractivity contribution is -0.137. The van der Waals surface area contributed by atoms with Gasteiger partial charge in [-0.3, -0.25) is 14.5 Å². The van der Waals surface area contributed by atoms with Gasteiger partial charge >= 0.3 is 6.18 Å². The standard InChI is InChI=1S/C22H14ClF4N5O2.H2S/c1-11-10-31(14-2-3-16(17(23)5-14)22(25,26)27)21(33)20-15(9-29-32(11)20)19-6-18(30-34-19)12-4-13(24)8-28-7-12;/h2-9,11H,10H2,1H3;1H2/t11-;/m0./s1. The maximum Gasteiger partial charge on any atom is 0.417 e. The zero-order chi connectivity index (χ0) is 24.2. The Morgan fingerprint density at radius 2 is 1.91 bits per heavy atom. The summed E-state index contributed by atoms with van der Waals surface area (Å²) in [6, 6.07) is 5.64. The molecule has 1 aliphatic rings. The van der Waals surface area contributed by atoms with Crippen LogP contribution in [-0.4, -0.2) is 32.4 Å². The fourth-order valence-corrected chi connectivity index (χ4v) is 4.14. The van der Waals surface area contributed by atoms with E-state index in [0.29, 0.717) is 16.8 Å². The van der Waals surface area contributed by atoms with Gasteiger partial charge in [-0.1, -0.05) is 16.8 Å². The first kappa shape index (κ1) is 24.7. The van der Waals surface area contributed by atoms with Gasteiger partial charge in [-0.25, -0.2) is 4.39 Å². The first-order chi connectivity index (χ1) is 16.1. The number of nitrogens with zero attached hydrogens (tertiary/aromatic N) is 5. The van der Waals surface area contributed by atoms with Crippen LogP contribution >= 0.6 is 25.1 Å². The van der Waals surface area contributed by atoms with E-state index in [1.807, 2.05) is 6.92 Å². The van der Waals surface area contributed by atoms with Crippen LogP contribution in [0.15, 0.2) is 53.4 Å². The first-order valence-corrected chi connectivity index (χ1v) is 10.4. The molecule has 0 radical (unpaired) electrons. The lowest BCUT2D eigenvalue weighted by Crippen LogP contribution is -2.42. The van der Waals surface area contributed by atoms with Crippen LogP contribution < -0.4 is 4.90 Å². The van der Waals surface area contributed by atoms with Crippen molar-refractivity contribution < 1.29 is 26.9 Å². The Labute approximate surface area is 207 Å². The van der Waals surface area contributed by atoms with E-state index in [1.54, 1.807) is 0 Å². The molecule has 0 aliphatic carbocycles. The molecule has 1 aromatic carbocycles. The fourth-order valence-electron chi connectivity index (χ4n) is 3.86. The van der Waals surface area contributed by atoms with Crippen LogP contribution in [-0.2, 0) is 6.18 Å². The second-order valence-corrected chi connectivity index (χ2v) is 8.15. The van der Waals surface area contributed by atoms with E-state index in [9.17, 15) is 22.4 Å². The van der Waals surface area contributed by atoms with Gasteiger partial charge in [0.25, 0.3) is 5.91 Å². The molecule has 5 rings (SSSR count). The van der Waals surface area contributed by atoms with Crippen molar-refractivity contribution in [1.82, 2.24) is 19.9 Å². The highest BCUT2D eigenvalue weighted by Gasteiger charge is 2.37. The highest BCUT2D eigenvalue weighted by Crippen LogP contribution is 2.39. The number of fused-ring (bicyclic) bond motifs is 1. The number of hydrogen-bond acceptors (Lipinski definition) is 5. The maximum atomic E-state index is 13.5. The summed E-state index contributed by atoms with van der Waals surface area (Å²) in [5.74, 6) is -0.819. The van der Waals surface area contributed by atoms with Crippen LogP contribution in [0.3, 0.4) is 0 Å². The van der Waals surface area contributed by atoms with Crippen LogP contribution in [0.4, 0.5) is 23.2 Å². The van der Waals surface area contributed by atoms with Crippen LogP contribution in [0.5, 0.6) is 0 Å². The minimum atomic E-state index is -4.61. The van der Waals surface area contributed by atoms with E-state index >= 15 is 0 Å². The van der Waals surface area contributed by atoms with Crippen molar-refractivity contribution in [3.8, 4) is 22.6 Å². The SMILES string of the molecule is C[C@H]1CN(c2ccc(C(F)(F)F)c(Cl)c2)C(=O)c2c(-c3cc(-c4cncc(F)c4)no3)cnn21.S. The Kier molecular flexibility index (Phi) is 6.36. The molecule has 0 spiro atoms. The highest BCUT2D eigenvalue weighted by atomic mass is 35.5. The van der Waals surface area contributed by atoms with E-state index in [-0.39, 0.29) is 43.2 Å². The second-order valence-electron chi connectivity index (χ2n) is 7.75. The summed E-state index contributed by atoms with van der Waals surface area (Å²) in [6.45, 7) is 1.99. The Bertz CT molecular complexity index is 1420. The molecular formula is C22H16ClF4N5O2S. The minimum absolute atomic E-state index is 0. The molecule has 1 aliphatic heterocycles. The Morgan fingerprint density at radius 1 is 1.14 bits per heavy atom. The summed E-state index contributed by atoms with van der Waals surface area (Å²) in [6.07, 6.45) is -0.689. The van der Waals surface area contributed by atoms with E-state index in [1.165, 1.54) is 40.2 Å². The van der Waals surface area contributed by atoms with Gasteiger partial charge in [-0.15, -0.1) is 0 Å². The number of carbonyl (C=O) groups excluding carboxylic acids is 1.